The van der Waals surface area contributed by atoms with Crippen LogP contribution in [0.2, 0.25) is 0 Å². The summed E-state index contributed by atoms with van der Waals surface area (Å²) in [5, 5.41) is 3.82. The Kier molecular flexibility index (Phi) is 4.16. The number of aryl methyl sites for hydroxylation is 2. The minimum absolute atomic E-state index is 0.132. The van der Waals surface area contributed by atoms with E-state index in [0.29, 0.717) is 0 Å². The second-order valence-electron chi connectivity index (χ2n) is 8.30. The molecular weight excluding hydrogens is 378 g/mol. The molecule has 150 valence electrons. The monoisotopic (exact) mass is 405 g/mol. The number of piperidine rings is 1. The van der Waals surface area contributed by atoms with Crippen molar-refractivity contribution < 1.29 is 4.21 Å². The van der Waals surface area contributed by atoms with Crippen molar-refractivity contribution in [1.29, 1.82) is 0 Å². The van der Waals surface area contributed by atoms with Crippen LogP contribution in [0.1, 0.15) is 29.7 Å². The highest BCUT2D eigenvalue weighted by molar-refractivity contribution is 7.98. The Morgan fingerprint density at radius 1 is 1.00 bits per heavy atom. The van der Waals surface area contributed by atoms with Gasteiger partial charge >= 0.3 is 0 Å². The molecule has 0 bridgehead atoms. The number of benzene rings is 2. The summed E-state index contributed by atoms with van der Waals surface area (Å²) in [7, 11) is -2.48. The summed E-state index contributed by atoms with van der Waals surface area (Å²) < 4.78 is 18.0. The van der Waals surface area contributed by atoms with Crippen LogP contribution in [0, 0.1) is 13.8 Å². The lowest BCUT2D eigenvalue weighted by Gasteiger charge is -2.46. The van der Waals surface area contributed by atoms with E-state index in [4.69, 9.17) is 0 Å². The average Bonchev–Trinajstić information content (AvgIpc) is 3.22. The van der Waals surface area contributed by atoms with E-state index in [1.54, 1.807) is 0 Å². The van der Waals surface area contributed by atoms with Crippen LogP contribution in [0.5, 0.6) is 0 Å². The van der Waals surface area contributed by atoms with E-state index in [1.165, 1.54) is 16.9 Å². The molecule has 5 heteroatoms. The highest BCUT2D eigenvalue weighted by Crippen LogP contribution is 2.44. The molecule has 1 atom stereocenters. The highest BCUT2D eigenvalue weighted by Gasteiger charge is 2.42. The Hall–Kier alpha value is -2.50. The number of rotatable bonds is 2. The predicted molar refractivity (Wildman–Crippen MR) is 121 cm³/mol. The first-order valence-corrected chi connectivity index (χ1v) is 11.8. The molecule has 1 saturated heterocycles. The molecule has 3 heterocycles. The van der Waals surface area contributed by atoms with Gasteiger partial charge in [0, 0.05) is 29.9 Å². The number of aromatic nitrogens is 1. The molecule has 0 aliphatic carbocycles. The Labute approximate surface area is 173 Å². The van der Waals surface area contributed by atoms with Gasteiger partial charge in [0.15, 0.2) is 0 Å². The van der Waals surface area contributed by atoms with E-state index >= 15 is 0 Å². The van der Waals surface area contributed by atoms with Gasteiger partial charge in [-0.1, -0.05) is 18.2 Å². The van der Waals surface area contributed by atoms with E-state index in [2.05, 4.69) is 76.5 Å². The molecule has 0 radical (unpaired) electrons. The van der Waals surface area contributed by atoms with Gasteiger partial charge in [-0.25, -0.2) is 8.51 Å². The lowest BCUT2D eigenvalue weighted by molar-refractivity contribution is 0.254. The molecular formula is C24H27N3OS. The smallest absolute Gasteiger partial charge is 0.0805 e. The first-order valence-electron chi connectivity index (χ1n) is 10.2. The van der Waals surface area contributed by atoms with Crippen LogP contribution >= 0.6 is 0 Å². The molecule has 1 spiro atoms. The molecule has 5 rings (SSSR count). The summed E-state index contributed by atoms with van der Waals surface area (Å²) in [5.41, 5.74) is 5.89. The topological polar surface area (TPSA) is 37.3 Å². The van der Waals surface area contributed by atoms with Gasteiger partial charge in [0.25, 0.3) is 0 Å². The highest BCUT2D eigenvalue weighted by atomic mass is 32.2. The van der Waals surface area contributed by atoms with Crippen molar-refractivity contribution in [2.45, 2.75) is 37.1 Å². The van der Waals surface area contributed by atoms with Crippen molar-refractivity contribution in [2.24, 2.45) is 0 Å². The van der Waals surface area contributed by atoms with Gasteiger partial charge in [0.2, 0.25) is 0 Å². The molecule has 29 heavy (non-hydrogen) atoms. The third kappa shape index (κ3) is 2.83. The SMILES string of the molecule is C=S(=O)(c1ccc(C)c(C)c1)N1CCC2(CC1)Nc1ccccc1-n1cccc12. The molecule has 0 amide bonds. The standard InChI is InChI=1S/C24H27N3OS/c1-18-10-11-20(17-19(18)2)29(3,28)26-15-12-24(13-16-26)23-9-6-14-27(23)22-8-5-4-7-21(22)25-24/h4-11,14,17,25H,3,12-13,15-16H2,1-2H3. The van der Waals surface area contributed by atoms with Gasteiger partial charge in [0.05, 0.1) is 26.6 Å². The second-order valence-corrected chi connectivity index (χ2v) is 10.6. The van der Waals surface area contributed by atoms with Crippen LogP contribution in [0.4, 0.5) is 5.69 Å². The molecule has 1 unspecified atom stereocenters. The lowest BCUT2D eigenvalue weighted by Crippen LogP contribution is -2.50. The van der Waals surface area contributed by atoms with Gasteiger partial charge < -0.3 is 9.88 Å². The number of nitrogens with one attached hydrogen (secondary N) is 1. The first-order chi connectivity index (χ1) is 13.9. The minimum Gasteiger partial charge on any atom is -0.372 e. The van der Waals surface area contributed by atoms with Crippen LogP contribution in [0.15, 0.2) is 65.7 Å². The fourth-order valence-electron chi connectivity index (χ4n) is 4.70. The van der Waals surface area contributed by atoms with Crippen LogP contribution in [0.25, 0.3) is 5.69 Å². The Morgan fingerprint density at radius 3 is 2.52 bits per heavy atom. The summed E-state index contributed by atoms with van der Waals surface area (Å²) in [5.74, 6) is 4.17. The molecule has 4 nitrogen and oxygen atoms in total. The van der Waals surface area contributed by atoms with Gasteiger partial charge in [-0.3, -0.25) is 0 Å². The van der Waals surface area contributed by atoms with E-state index in [1.807, 2.05) is 18.2 Å². The maximum Gasteiger partial charge on any atom is 0.0805 e. The third-order valence-corrected chi connectivity index (χ3v) is 8.81. The van der Waals surface area contributed by atoms with Crippen molar-refractivity contribution in [2.75, 3.05) is 18.4 Å². The van der Waals surface area contributed by atoms with Gasteiger partial charge in [0.1, 0.15) is 0 Å². The lowest BCUT2D eigenvalue weighted by atomic mass is 9.83. The van der Waals surface area contributed by atoms with Crippen molar-refractivity contribution >= 4 is 21.3 Å². The summed E-state index contributed by atoms with van der Waals surface area (Å²) in [4.78, 5) is 0.835. The average molecular weight is 406 g/mol. The molecule has 2 aromatic carbocycles. The summed E-state index contributed by atoms with van der Waals surface area (Å²) in [6.07, 6.45) is 3.92. The zero-order valence-electron chi connectivity index (χ0n) is 17.0. The minimum atomic E-state index is -2.48. The quantitative estimate of drug-likeness (QED) is 0.638. The summed E-state index contributed by atoms with van der Waals surface area (Å²) in [6.45, 7) is 5.64. The second kappa shape index (κ2) is 6.51. The van der Waals surface area contributed by atoms with Crippen LogP contribution in [-0.2, 0) is 15.2 Å². The van der Waals surface area contributed by atoms with Crippen LogP contribution in [-0.4, -0.2) is 32.0 Å². The fraction of sp³-hybridized carbons (Fsp3) is 0.292. The van der Waals surface area contributed by atoms with Crippen molar-refractivity contribution in [3.63, 3.8) is 0 Å². The maximum absolute atomic E-state index is 13.7. The third-order valence-electron chi connectivity index (χ3n) is 6.62. The largest absolute Gasteiger partial charge is 0.372 e. The van der Waals surface area contributed by atoms with Crippen molar-refractivity contribution in [1.82, 2.24) is 8.87 Å². The van der Waals surface area contributed by atoms with E-state index in [0.717, 1.165) is 42.1 Å². The number of hydrogen-bond acceptors (Lipinski definition) is 2. The first kappa shape index (κ1) is 18.5. The number of anilines is 1. The molecule has 1 fully saturated rings. The molecule has 1 N–H and O–H groups in total. The molecule has 2 aliphatic rings. The number of fused-ring (bicyclic) bond motifs is 4. The number of hydrogen-bond donors (Lipinski definition) is 1. The zero-order valence-corrected chi connectivity index (χ0v) is 17.8. The van der Waals surface area contributed by atoms with E-state index in [9.17, 15) is 4.21 Å². The predicted octanol–water partition coefficient (Wildman–Crippen LogP) is 4.50. The van der Waals surface area contributed by atoms with Gasteiger partial charge in [-0.2, -0.15) is 0 Å². The van der Waals surface area contributed by atoms with Crippen molar-refractivity contribution in [3.8, 4) is 5.69 Å². The van der Waals surface area contributed by atoms with Crippen LogP contribution in [0.3, 0.4) is 0 Å². The Bertz CT molecular complexity index is 1180. The van der Waals surface area contributed by atoms with E-state index < -0.39 is 9.71 Å². The van der Waals surface area contributed by atoms with Gasteiger partial charge in [-0.05, 0) is 80.1 Å². The zero-order chi connectivity index (χ0) is 20.2. The molecule has 1 aromatic heterocycles. The summed E-state index contributed by atoms with van der Waals surface area (Å²) >= 11 is 0. The van der Waals surface area contributed by atoms with Gasteiger partial charge in [-0.15, -0.1) is 0 Å². The van der Waals surface area contributed by atoms with Crippen LogP contribution < -0.4 is 5.32 Å². The Balaban J connectivity index is 1.44. The maximum atomic E-state index is 13.7. The number of nitrogens with zero attached hydrogens (tertiary/aromatic N) is 2. The van der Waals surface area contributed by atoms with Crippen molar-refractivity contribution in [3.05, 3.63) is 77.6 Å². The molecule has 0 saturated carbocycles. The molecule has 3 aromatic rings. The number of para-hydroxylation sites is 2. The van der Waals surface area contributed by atoms with E-state index in [-0.39, 0.29) is 5.54 Å². The fourth-order valence-corrected chi connectivity index (χ4v) is 6.41. The Morgan fingerprint density at radius 2 is 1.76 bits per heavy atom. The molecule has 2 aliphatic heterocycles. The summed E-state index contributed by atoms with van der Waals surface area (Å²) in [6, 6.07) is 18.8. The normalized spacial score (nSPS) is 19.8.